The molecule has 0 saturated carbocycles. The number of carbonyl (C=O) groups is 1. The van der Waals surface area contributed by atoms with Gasteiger partial charge in [-0.3, -0.25) is 4.79 Å². The fraction of sp³-hybridized carbons (Fsp3) is 0.143. The lowest BCUT2D eigenvalue weighted by molar-refractivity contribution is -0.118. The van der Waals surface area contributed by atoms with Gasteiger partial charge in [0.25, 0.3) is 0 Å². The first-order valence-corrected chi connectivity index (χ1v) is 9.31. The van der Waals surface area contributed by atoms with Crippen LogP contribution < -0.4 is 5.43 Å². The summed E-state index contributed by atoms with van der Waals surface area (Å²) < 4.78 is 0. The van der Waals surface area contributed by atoms with Crippen molar-refractivity contribution in [2.24, 2.45) is 5.10 Å². The summed E-state index contributed by atoms with van der Waals surface area (Å²) in [5, 5.41) is 6.38. The predicted octanol–water partition coefficient (Wildman–Crippen LogP) is 4.53. The first-order chi connectivity index (χ1) is 12.2. The molecular weight excluding hydrogens is 328 g/mol. The van der Waals surface area contributed by atoms with Crippen molar-refractivity contribution >= 4 is 34.7 Å². The second kappa shape index (κ2) is 8.49. The van der Waals surface area contributed by atoms with Crippen molar-refractivity contribution in [2.45, 2.75) is 12.7 Å². The average molecular weight is 348 g/mol. The molecule has 1 N–H and O–H groups in total. The third-order valence-electron chi connectivity index (χ3n) is 3.97. The highest BCUT2D eigenvalue weighted by Crippen LogP contribution is 2.17. The molecule has 3 rings (SSSR count). The highest BCUT2D eigenvalue weighted by molar-refractivity contribution is 7.99. The molecule has 0 saturated heterocycles. The van der Waals surface area contributed by atoms with Crippen LogP contribution in [0, 0.1) is 6.92 Å². The number of hydrogen-bond donors (Lipinski definition) is 1. The van der Waals surface area contributed by atoms with E-state index in [2.05, 4.69) is 47.8 Å². The van der Waals surface area contributed by atoms with Crippen molar-refractivity contribution < 1.29 is 4.79 Å². The molecule has 3 aromatic rings. The Balaban J connectivity index is 1.52. The molecule has 0 bridgehead atoms. The Morgan fingerprint density at radius 1 is 1.04 bits per heavy atom. The number of nitrogens with one attached hydrogen (secondary N) is 1. The molecular formula is C21H20N2OS. The van der Waals surface area contributed by atoms with E-state index in [1.54, 1.807) is 18.0 Å². The molecule has 0 spiro atoms. The van der Waals surface area contributed by atoms with Gasteiger partial charge in [-0.2, -0.15) is 5.10 Å². The highest BCUT2D eigenvalue weighted by Gasteiger charge is 2.02. The highest BCUT2D eigenvalue weighted by atomic mass is 32.2. The van der Waals surface area contributed by atoms with E-state index in [1.807, 2.05) is 36.4 Å². The second-order valence-electron chi connectivity index (χ2n) is 5.78. The van der Waals surface area contributed by atoms with Gasteiger partial charge in [0.05, 0.1) is 12.0 Å². The quantitative estimate of drug-likeness (QED) is 0.525. The average Bonchev–Trinajstić information content (AvgIpc) is 2.63. The Morgan fingerprint density at radius 3 is 2.68 bits per heavy atom. The number of amides is 1. The number of benzene rings is 3. The van der Waals surface area contributed by atoms with Crippen LogP contribution in [0.4, 0.5) is 0 Å². The zero-order chi connectivity index (χ0) is 17.5. The van der Waals surface area contributed by atoms with Gasteiger partial charge in [0.1, 0.15) is 0 Å². The summed E-state index contributed by atoms with van der Waals surface area (Å²) in [5.74, 6) is 1.13. The first kappa shape index (κ1) is 17.2. The van der Waals surface area contributed by atoms with Crippen LogP contribution in [-0.4, -0.2) is 17.9 Å². The molecule has 126 valence electrons. The fourth-order valence-corrected chi connectivity index (χ4v) is 3.49. The second-order valence-corrected chi connectivity index (χ2v) is 6.77. The molecule has 0 fully saturated rings. The number of carbonyl (C=O) groups excluding carboxylic acids is 1. The normalized spacial score (nSPS) is 11.1. The van der Waals surface area contributed by atoms with E-state index in [0.29, 0.717) is 5.75 Å². The molecule has 25 heavy (non-hydrogen) atoms. The number of thioether (sulfide) groups is 1. The van der Waals surface area contributed by atoms with Gasteiger partial charge in [0, 0.05) is 11.3 Å². The molecule has 0 aromatic heterocycles. The summed E-state index contributed by atoms with van der Waals surface area (Å²) in [7, 11) is 0. The van der Waals surface area contributed by atoms with Crippen LogP contribution in [0.25, 0.3) is 10.8 Å². The van der Waals surface area contributed by atoms with Gasteiger partial charge in [-0.1, -0.05) is 66.7 Å². The molecule has 0 aliphatic rings. The molecule has 1 amide bonds. The molecule has 4 heteroatoms. The maximum absolute atomic E-state index is 11.9. The van der Waals surface area contributed by atoms with E-state index in [1.165, 1.54) is 11.1 Å². The van der Waals surface area contributed by atoms with Crippen LogP contribution in [0.5, 0.6) is 0 Å². The maximum atomic E-state index is 11.9. The number of fused-ring (bicyclic) bond motifs is 1. The van der Waals surface area contributed by atoms with Gasteiger partial charge >= 0.3 is 0 Å². The summed E-state index contributed by atoms with van der Waals surface area (Å²) in [4.78, 5) is 11.9. The van der Waals surface area contributed by atoms with Crippen LogP contribution >= 0.6 is 11.8 Å². The summed E-state index contributed by atoms with van der Waals surface area (Å²) in [6.45, 7) is 2.09. The Bertz CT molecular complexity index is 900. The van der Waals surface area contributed by atoms with Crippen molar-refractivity contribution in [3.8, 4) is 0 Å². The summed E-state index contributed by atoms with van der Waals surface area (Å²) in [6.07, 6.45) is 1.70. The van der Waals surface area contributed by atoms with Gasteiger partial charge < -0.3 is 0 Å². The van der Waals surface area contributed by atoms with Crippen molar-refractivity contribution in [1.29, 1.82) is 0 Å². The lowest BCUT2D eigenvalue weighted by atomic mass is 10.1. The third kappa shape index (κ3) is 4.70. The van der Waals surface area contributed by atoms with Gasteiger partial charge in [-0.15, -0.1) is 11.8 Å². The monoisotopic (exact) mass is 348 g/mol. The topological polar surface area (TPSA) is 41.5 Å². The molecule has 3 nitrogen and oxygen atoms in total. The molecule has 0 aliphatic heterocycles. The molecule has 0 atom stereocenters. The van der Waals surface area contributed by atoms with Crippen molar-refractivity contribution in [1.82, 2.24) is 5.43 Å². The summed E-state index contributed by atoms with van der Waals surface area (Å²) in [5.41, 5.74) is 6.12. The van der Waals surface area contributed by atoms with E-state index in [4.69, 9.17) is 0 Å². The smallest absolute Gasteiger partial charge is 0.250 e. The van der Waals surface area contributed by atoms with Gasteiger partial charge in [-0.05, 0) is 28.8 Å². The minimum absolute atomic E-state index is 0.0879. The van der Waals surface area contributed by atoms with E-state index < -0.39 is 0 Å². The third-order valence-corrected chi connectivity index (χ3v) is 4.95. The zero-order valence-corrected chi connectivity index (χ0v) is 14.9. The number of nitrogens with zero attached hydrogens (tertiary/aromatic N) is 1. The maximum Gasteiger partial charge on any atom is 0.250 e. The summed E-state index contributed by atoms with van der Waals surface area (Å²) in [6, 6.07) is 22.4. The minimum atomic E-state index is -0.0879. The van der Waals surface area contributed by atoms with Crippen LogP contribution in [-0.2, 0) is 10.5 Å². The standard InChI is InChI=1S/C21H20N2OS/c1-16-7-2-3-9-19(16)14-25-15-21(24)23-22-13-18-11-6-10-17-8-4-5-12-20(17)18/h2-13H,14-15H2,1H3,(H,23,24)/b22-13+. The molecule has 0 unspecified atom stereocenters. The fourth-order valence-electron chi connectivity index (χ4n) is 2.59. The Hall–Kier alpha value is -2.59. The Morgan fingerprint density at radius 2 is 1.80 bits per heavy atom. The van der Waals surface area contributed by atoms with Crippen LogP contribution in [0.2, 0.25) is 0 Å². The summed E-state index contributed by atoms with van der Waals surface area (Å²) >= 11 is 1.59. The van der Waals surface area contributed by atoms with Gasteiger partial charge in [0.15, 0.2) is 0 Å². The van der Waals surface area contributed by atoms with E-state index >= 15 is 0 Å². The molecule has 0 aliphatic carbocycles. The SMILES string of the molecule is Cc1ccccc1CSCC(=O)N/N=C/c1cccc2ccccc12. The van der Waals surface area contributed by atoms with Crippen molar-refractivity contribution in [3.05, 3.63) is 83.4 Å². The van der Waals surface area contributed by atoms with Gasteiger partial charge in [0.2, 0.25) is 5.91 Å². The Labute approximate surface area is 152 Å². The van der Waals surface area contributed by atoms with Crippen LogP contribution in [0.15, 0.2) is 71.8 Å². The van der Waals surface area contributed by atoms with Gasteiger partial charge in [-0.25, -0.2) is 5.43 Å². The van der Waals surface area contributed by atoms with E-state index in [-0.39, 0.29) is 5.91 Å². The molecule has 0 heterocycles. The van der Waals surface area contributed by atoms with E-state index in [9.17, 15) is 4.79 Å². The predicted molar refractivity (Wildman–Crippen MR) is 107 cm³/mol. The number of hydrogen-bond acceptors (Lipinski definition) is 3. The number of aryl methyl sites for hydroxylation is 1. The number of rotatable bonds is 6. The first-order valence-electron chi connectivity index (χ1n) is 8.16. The Kier molecular flexibility index (Phi) is 5.86. The molecule has 3 aromatic carbocycles. The van der Waals surface area contributed by atoms with Crippen LogP contribution in [0.1, 0.15) is 16.7 Å². The lowest BCUT2D eigenvalue weighted by Gasteiger charge is -2.05. The molecule has 0 radical (unpaired) electrons. The van der Waals surface area contributed by atoms with Crippen LogP contribution in [0.3, 0.4) is 0 Å². The lowest BCUT2D eigenvalue weighted by Crippen LogP contribution is -2.19. The van der Waals surface area contributed by atoms with E-state index in [0.717, 1.165) is 22.1 Å². The minimum Gasteiger partial charge on any atom is -0.272 e. The van der Waals surface area contributed by atoms with Crippen molar-refractivity contribution in [3.63, 3.8) is 0 Å². The van der Waals surface area contributed by atoms with Crippen molar-refractivity contribution in [2.75, 3.05) is 5.75 Å². The largest absolute Gasteiger partial charge is 0.272 e. The zero-order valence-electron chi connectivity index (χ0n) is 14.1. The number of hydrazone groups is 1.